The van der Waals surface area contributed by atoms with E-state index in [1.54, 1.807) is 0 Å². The highest BCUT2D eigenvalue weighted by molar-refractivity contribution is 7.13. The van der Waals surface area contributed by atoms with Gasteiger partial charge in [0.2, 0.25) is 5.91 Å². The first-order valence-corrected chi connectivity index (χ1v) is 7.69. The van der Waals surface area contributed by atoms with Crippen LogP contribution in [0.2, 0.25) is 0 Å². The quantitative estimate of drug-likeness (QED) is 0.947. The molecule has 5 nitrogen and oxygen atoms in total. The normalized spacial score (nSPS) is 13.6. The van der Waals surface area contributed by atoms with Gasteiger partial charge >= 0.3 is 0 Å². The first kappa shape index (κ1) is 13.9. The molecule has 1 aromatic heterocycles. The third-order valence-electron chi connectivity index (χ3n) is 3.04. The molecule has 0 saturated carbocycles. The summed E-state index contributed by atoms with van der Waals surface area (Å²) in [6, 6.07) is 5.62. The molecule has 0 fully saturated rings. The Bertz CT molecular complexity index is 654. The molecule has 1 amide bonds. The number of aryl methyl sites for hydroxylation is 1. The van der Waals surface area contributed by atoms with Gasteiger partial charge < -0.3 is 14.8 Å². The average molecular weight is 304 g/mol. The molecular weight excluding hydrogens is 288 g/mol. The topological polar surface area (TPSA) is 60.5 Å². The fourth-order valence-corrected chi connectivity index (χ4v) is 2.78. The standard InChI is InChI=1S/C15H16N2O3S/c1-10-9-21-15(16-10)17-14(18)8-11-3-4-12-13(7-11)20-6-2-5-19-12/h3-4,7,9H,2,5-6,8H2,1H3,(H,16,17,18). The number of anilines is 1. The van der Waals surface area contributed by atoms with Gasteiger partial charge in [-0.05, 0) is 24.6 Å². The summed E-state index contributed by atoms with van der Waals surface area (Å²) < 4.78 is 11.2. The number of hydrogen-bond donors (Lipinski definition) is 1. The van der Waals surface area contributed by atoms with E-state index >= 15 is 0 Å². The van der Waals surface area contributed by atoms with Crippen molar-refractivity contribution >= 4 is 22.4 Å². The zero-order chi connectivity index (χ0) is 14.7. The van der Waals surface area contributed by atoms with Gasteiger partial charge in [-0.2, -0.15) is 0 Å². The van der Waals surface area contributed by atoms with Gasteiger partial charge in [-0.3, -0.25) is 4.79 Å². The largest absolute Gasteiger partial charge is 0.490 e. The summed E-state index contributed by atoms with van der Waals surface area (Å²) in [5.41, 5.74) is 1.80. The van der Waals surface area contributed by atoms with Crippen molar-refractivity contribution in [1.29, 1.82) is 0 Å². The number of nitrogens with one attached hydrogen (secondary N) is 1. The molecule has 3 rings (SSSR count). The summed E-state index contributed by atoms with van der Waals surface area (Å²) >= 11 is 1.43. The number of nitrogens with zero attached hydrogens (tertiary/aromatic N) is 1. The lowest BCUT2D eigenvalue weighted by Gasteiger charge is -2.09. The van der Waals surface area contributed by atoms with Crippen molar-refractivity contribution in [3.05, 3.63) is 34.8 Å². The van der Waals surface area contributed by atoms with E-state index in [2.05, 4.69) is 10.3 Å². The van der Waals surface area contributed by atoms with Crippen LogP contribution in [0.25, 0.3) is 0 Å². The molecule has 0 radical (unpaired) electrons. The zero-order valence-electron chi connectivity index (χ0n) is 11.7. The molecular formula is C15H16N2O3S. The van der Waals surface area contributed by atoms with Gasteiger partial charge in [-0.25, -0.2) is 4.98 Å². The van der Waals surface area contributed by atoms with Gasteiger partial charge in [-0.1, -0.05) is 6.07 Å². The molecule has 0 atom stereocenters. The highest BCUT2D eigenvalue weighted by Crippen LogP contribution is 2.30. The first-order chi connectivity index (χ1) is 10.2. The molecule has 1 aromatic carbocycles. The van der Waals surface area contributed by atoms with Crippen LogP contribution in [0.3, 0.4) is 0 Å². The summed E-state index contributed by atoms with van der Waals surface area (Å²) in [5.74, 6) is 1.37. The van der Waals surface area contributed by atoms with E-state index in [9.17, 15) is 4.79 Å². The lowest BCUT2D eigenvalue weighted by Crippen LogP contribution is -2.14. The Balaban J connectivity index is 1.67. The first-order valence-electron chi connectivity index (χ1n) is 6.81. The third kappa shape index (κ3) is 3.52. The van der Waals surface area contributed by atoms with Crippen LogP contribution >= 0.6 is 11.3 Å². The maximum absolute atomic E-state index is 12.0. The van der Waals surface area contributed by atoms with Gasteiger partial charge in [-0.15, -0.1) is 11.3 Å². The van der Waals surface area contributed by atoms with Gasteiger partial charge in [0, 0.05) is 11.8 Å². The third-order valence-corrected chi connectivity index (χ3v) is 3.92. The fourth-order valence-electron chi connectivity index (χ4n) is 2.08. The van der Waals surface area contributed by atoms with Crippen molar-refractivity contribution in [1.82, 2.24) is 4.98 Å². The summed E-state index contributed by atoms with van der Waals surface area (Å²) in [4.78, 5) is 16.2. The molecule has 2 heterocycles. The number of hydrogen-bond acceptors (Lipinski definition) is 5. The van der Waals surface area contributed by atoms with E-state index in [1.807, 2.05) is 30.5 Å². The number of fused-ring (bicyclic) bond motifs is 1. The van der Waals surface area contributed by atoms with E-state index in [4.69, 9.17) is 9.47 Å². The van der Waals surface area contributed by atoms with E-state index in [0.29, 0.717) is 24.1 Å². The average Bonchev–Trinajstić information content (AvgIpc) is 2.73. The van der Waals surface area contributed by atoms with Crippen LogP contribution in [0.5, 0.6) is 11.5 Å². The van der Waals surface area contributed by atoms with Crippen LogP contribution < -0.4 is 14.8 Å². The maximum Gasteiger partial charge on any atom is 0.230 e. The number of carbonyl (C=O) groups is 1. The second-order valence-electron chi connectivity index (χ2n) is 4.85. The Kier molecular flexibility index (Phi) is 4.06. The number of ether oxygens (including phenoxy) is 2. The number of rotatable bonds is 3. The second kappa shape index (κ2) is 6.13. The van der Waals surface area contributed by atoms with E-state index < -0.39 is 0 Å². The highest BCUT2D eigenvalue weighted by atomic mass is 32.1. The van der Waals surface area contributed by atoms with Crippen molar-refractivity contribution in [3.8, 4) is 11.5 Å². The molecule has 21 heavy (non-hydrogen) atoms. The van der Waals surface area contributed by atoms with Crippen molar-refractivity contribution < 1.29 is 14.3 Å². The minimum atomic E-state index is -0.0844. The minimum Gasteiger partial charge on any atom is -0.490 e. The van der Waals surface area contributed by atoms with E-state index in [0.717, 1.165) is 23.4 Å². The predicted molar refractivity (Wildman–Crippen MR) is 81.2 cm³/mol. The van der Waals surface area contributed by atoms with Crippen LogP contribution in [0, 0.1) is 6.92 Å². The fraction of sp³-hybridized carbons (Fsp3) is 0.333. The molecule has 2 aromatic rings. The smallest absolute Gasteiger partial charge is 0.230 e. The van der Waals surface area contributed by atoms with Gasteiger partial charge in [0.05, 0.1) is 25.3 Å². The number of benzene rings is 1. The minimum absolute atomic E-state index is 0.0844. The van der Waals surface area contributed by atoms with Crippen molar-refractivity contribution in [2.75, 3.05) is 18.5 Å². The zero-order valence-corrected chi connectivity index (χ0v) is 12.5. The monoisotopic (exact) mass is 304 g/mol. The van der Waals surface area contributed by atoms with Crippen molar-refractivity contribution in [2.24, 2.45) is 0 Å². The number of carbonyl (C=O) groups excluding carboxylic acids is 1. The van der Waals surface area contributed by atoms with E-state index in [1.165, 1.54) is 11.3 Å². The molecule has 0 saturated heterocycles. The Morgan fingerprint density at radius 3 is 2.90 bits per heavy atom. The van der Waals surface area contributed by atoms with Crippen molar-refractivity contribution in [3.63, 3.8) is 0 Å². The van der Waals surface area contributed by atoms with Crippen LogP contribution in [-0.2, 0) is 11.2 Å². The Hall–Kier alpha value is -2.08. The molecule has 0 bridgehead atoms. The lowest BCUT2D eigenvalue weighted by molar-refractivity contribution is -0.115. The summed E-state index contributed by atoms with van der Waals surface area (Å²) in [6.45, 7) is 3.20. The lowest BCUT2D eigenvalue weighted by atomic mass is 10.1. The molecule has 110 valence electrons. The molecule has 0 spiro atoms. The predicted octanol–water partition coefficient (Wildman–Crippen LogP) is 2.79. The SMILES string of the molecule is Cc1csc(NC(=O)Cc2ccc3c(c2)OCCCO3)n1. The molecule has 1 aliphatic rings. The van der Waals surface area contributed by atoms with Gasteiger partial charge in [0.15, 0.2) is 16.6 Å². The second-order valence-corrected chi connectivity index (χ2v) is 5.71. The van der Waals surface area contributed by atoms with E-state index in [-0.39, 0.29) is 12.3 Å². The maximum atomic E-state index is 12.0. The molecule has 0 aliphatic carbocycles. The number of aromatic nitrogens is 1. The Morgan fingerprint density at radius 1 is 1.33 bits per heavy atom. The Morgan fingerprint density at radius 2 is 2.14 bits per heavy atom. The molecule has 0 unspecified atom stereocenters. The van der Waals surface area contributed by atoms with Crippen LogP contribution in [-0.4, -0.2) is 24.1 Å². The molecule has 1 N–H and O–H groups in total. The Labute approximate surface area is 126 Å². The highest BCUT2D eigenvalue weighted by Gasteiger charge is 2.13. The molecule has 1 aliphatic heterocycles. The number of amides is 1. The number of thiazole rings is 1. The summed E-state index contributed by atoms with van der Waals surface area (Å²) in [5, 5.41) is 5.34. The summed E-state index contributed by atoms with van der Waals surface area (Å²) in [6.07, 6.45) is 1.16. The van der Waals surface area contributed by atoms with Gasteiger partial charge in [0.25, 0.3) is 0 Å². The van der Waals surface area contributed by atoms with Crippen LogP contribution in [0.4, 0.5) is 5.13 Å². The summed E-state index contributed by atoms with van der Waals surface area (Å²) in [7, 11) is 0. The van der Waals surface area contributed by atoms with Gasteiger partial charge in [0.1, 0.15) is 0 Å². The van der Waals surface area contributed by atoms with Crippen LogP contribution in [0.1, 0.15) is 17.7 Å². The van der Waals surface area contributed by atoms with Crippen LogP contribution in [0.15, 0.2) is 23.6 Å². The molecule has 6 heteroatoms. The van der Waals surface area contributed by atoms with Crippen molar-refractivity contribution in [2.45, 2.75) is 19.8 Å².